The number of carbonyl (C=O) groups is 1. The van der Waals surface area contributed by atoms with Gasteiger partial charge in [0.1, 0.15) is 11.4 Å². The maximum Gasteiger partial charge on any atom is 0.332 e. The van der Waals surface area contributed by atoms with E-state index in [4.69, 9.17) is 0 Å². The monoisotopic (exact) mass is 325 g/mol. The molecule has 0 aliphatic carbocycles. The van der Waals surface area contributed by atoms with Crippen molar-refractivity contribution in [3.63, 3.8) is 0 Å². The quantitative estimate of drug-likeness (QED) is 0.875. The van der Waals surface area contributed by atoms with Crippen molar-refractivity contribution in [2.45, 2.75) is 26.8 Å². The molecular weight excluding hydrogens is 306 g/mol. The summed E-state index contributed by atoms with van der Waals surface area (Å²) in [6.45, 7) is 4.36. The Balaban J connectivity index is 2.15. The van der Waals surface area contributed by atoms with E-state index in [0.717, 1.165) is 22.1 Å². The Morgan fingerprint density at radius 1 is 1.12 bits per heavy atom. The highest BCUT2D eigenvalue weighted by Gasteiger charge is 2.32. The van der Waals surface area contributed by atoms with Gasteiger partial charge in [0.15, 0.2) is 0 Å². The number of nitrogens with one attached hydrogen (secondary N) is 1. The molecule has 0 fully saturated rings. The normalized spacial score (nSPS) is 14.8. The molecule has 0 saturated carbocycles. The van der Waals surface area contributed by atoms with Crippen LogP contribution in [0.3, 0.4) is 0 Å². The number of fused-ring (bicyclic) bond motifs is 1. The molecule has 6 heteroatoms. The number of aromatic nitrogens is 2. The Bertz CT molecular complexity index is 963. The standard InChI is InChI=1S/C18H19N3O3/c1-4-9-21-16-14(17(23)20(3)18(21)24)15(22)13(19-16)10-12-7-5-11(2)6-8-12/h5-8,10,19H,4,9H2,1-3H3/b13-10-. The van der Waals surface area contributed by atoms with Crippen LogP contribution in [0.25, 0.3) is 6.08 Å². The molecule has 0 unspecified atom stereocenters. The zero-order valence-electron chi connectivity index (χ0n) is 13.9. The molecule has 24 heavy (non-hydrogen) atoms. The molecule has 2 aromatic rings. The van der Waals surface area contributed by atoms with Gasteiger partial charge in [0.25, 0.3) is 5.56 Å². The van der Waals surface area contributed by atoms with Gasteiger partial charge in [-0.2, -0.15) is 0 Å². The topological polar surface area (TPSA) is 73.1 Å². The van der Waals surface area contributed by atoms with Crippen LogP contribution in [0.15, 0.2) is 39.6 Å². The molecule has 1 N–H and O–H groups in total. The summed E-state index contributed by atoms with van der Waals surface area (Å²) in [6, 6.07) is 7.70. The lowest BCUT2D eigenvalue weighted by Gasteiger charge is -2.11. The SMILES string of the molecule is CCCn1c2c(c(=O)n(C)c1=O)C(=O)/C(=C/c1ccc(C)cc1)N2. The minimum Gasteiger partial charge on any atom is -0.338 e. The lowest BCUT2D eigenvalue weighted by molar-refractivity contribution is 0.104. The molecule has 0 radical (unpaired) electrons. The third kappa shape index (κ3) is 2.50. The number of rotatable bonds is 3. The van der Waals surface area contributed by atoms with E-state index in [1.165, 1.54) is 11.6 Å². The van der Waals surface area contributed by atoms with E-state index >= 15 is 0 Å². The van der Waals surface area contributed by atoms with Crippen LogP contribution in [0.2, 0.25) is 0 Å². The van der Waals surface area contributed by atoms with Crippen molar-refractivity contribution in [1.29, 1.82) is 0 Å². The van der Waals surface area contributed by atoms with Crippen molar-refractivity contribution in [3.8, 4) is 0 Å². The zero-order chi connectivity index (χ0) is 17.4. The number of Topliss-reactive ketones (excluding diaryl/α,β-unsaturated/α-hetero) is 1. The summed E-state index contributed by atoms with van der Waals surface area (Å²) >= 11 is 0. The number of carbonyl (C=O) groups excluding carboxylic acids is 1. The van der Waals surface area contributed by atoms with Crippen LogP contribution < -0.4 is 16.6 Å². The summed E-state index contributed by atoms with van der Waals surface area (Å²) in [5.41, 5.74) is 1.33. The van der Waals surface area contributed by atoms with E-state index in [9.17, 15) is 14.4 Å². The van der Waals surface area contributed by atoms with Crippen molar-refractivity contribution in [1.82, 2.24) is 9.13 Å². The average Bonchev–Trinajstić information content (AvgIpc) is 2.88. The van der Waals surface area contributed by atoms with Gasteiger partial charge < -0.3 is 5.32 Å². The third-order valence-electron chi connectivity index (χ3n) is 4.10. The lowest BCUT2D eigenvalue weighted by Crippen LogP contribution is -2.40. The molecule has 0 atom stereocenters. The first-order valence-corrected chi connectivity index (χ1v) is 7.88. The molecule has 6 nitrogen and oxygen atoms in total. The van der Waals surface area contributed by atoms with Gasteiger partial charge in [0, 0.05) is 13.6 Å². The van der Waals surface area contributed by atoms with Gasteiger partial charge >= 0.3 is 5.69 Å². The van der Waals surface area contributed by atoms with E-state index in [0.29, 0.717) is 18.1 Å². The van der Waals surface area contributed by atoms with E-state index in [1.54, 1.807) is 6.08 Å². The third-order valence-corrected chi connectivity index (χ3v) is 4.10. The molecule has 0 amide bonds. The Morgan fingerprint density at radius 2 is 1.79 bits per heavy atom. The molecular formula is C18H19N3O3. The van der Waals surface area contributed by atoms with Crippen LogP contribution in [0, 0.1) is 6.92 Å². The Hall–Kier alpha value is -2.89. The Labute approximate surface area is 139 Å². The van der Waals surface area contributed by atoms with Crippen molar-refractivity contribution in [2.24, 2.45) is 7.05 Å². The molecule has 2 heterocycles. The highest BCUT2D eigenvalue weighted by molar-refractivity contribution is 6.19. The molecule has 1 aromatic heterocycles. The maximum absolute atomic E-state index is 12.6. The van der Waals surface area contributed by atoms with Crippen LogP contribution in [-0.2, 0) is 13.6 Å². The summed E-state index contributed by atoms with van der Waals surface area (Å²) in [6.07, 6.45) is 2.42. The molecule has 124 valence electrons. The summed E-state index contributed by atoms with van der Waals surface area (Å²) < 4.78 is 2.44. The Morgan fingerprint density at radius 3 is 2.42 bits per heavy atom. The molecule has 0 spiro atoms. The number of hydrogen-bond donors (Lipinski definition) is 1. The highest BCUT2D eigenvalue weighted by Crippen LogP contribution is 2.25. The van der Waals surface area contributed by atoms with Crippen LogP contribution in [0.5, 0.6) is 0 Å². The summed E-state index contributed by atoms with van der Waals surface area (Å²) in [4.78, 5) is 37.3. The fourth-order valence-corrected chi connectivity index (χ4v) is 2.78. The molecule has 1 aliphatic rings. The van der Waals surface area contributed by atoms with E-state index in [-0.39, 0.29) is 11.3 Å². The van der Waals surface area contributed by atoms with Gasteiger partial charge in [-0.1, -0.05) is 36.8 Å². The van der Waals surface area contributed by atoms with Crippen molar-refractivity contribution >= 4 is 17.7 Å². The average molecular weight is 325 g/mol. The highest BCUT2D eigenvalue weighted by atomic mass is 16.2. The molecule has 3 rings (SSSR count). The molecule has 0 bridgehead atoms. The summed E-state index contributed by atoms with van der Waals surface area (Å²) in [5, 5.41) is 2.97. The smallest absolute Gasteiger partial charge is 0.332 e. The Kier molecular flexibility index (Phi) is 3.97. The second-order valence-corrected chi connectivity index (χ2v) is 5.94. The maximum atomic E-state index is 12.6. The van der Waals surface area contributed by atoms with E-state index in [2.05, 4.69) is 5.32 Å². The predicted octanol–water partition coefficient (Wildman–Crippen LogP) is 1.91. The number of allylic oxidation sites excluding steroid dienone is 1. The van der Waals surface area contributed by atoms with Crippen molar-refractivity contribution in [3.05, 3.63) is 67.5 Å². The number of ketones is 1. The predicted molar refractivity (Wildman–Crippen MR) is 93.3 cm³/mol. The molecule has 0 saturated heterocycles. The number of nitrogens with zero attached hydrogens (tertiary/aromatic N) is 2. The minimum atomic E-state index is -0.563. The molecule has 1 aromatic carbocycles. The number of hydrogen-bond acceptors (Lipinski definition) is 4. The summed E-state index contributed by atoms with van der Waals surface area (Å²) in [5.74, 6) is -0.0793. The largest absolute Gasteiger partial charge is 0.338 e. The van der Waals surface area contributed by atoms with Crippen LogP contribution in [-0.4, -0.2) is 14.9 Å². The van der Waals surface area contributed by atoms with Gasteiger partial charge in [0.05, 0.1) is 5.70 Å². The second kappa shape index (κ2) is 5.96. The van der Waals surface area contributed by atoms with Crippen LogP contribution in [0.1, 0.15) is 34.8 Å². The fraction of sp³-hybridized carbons (Fsp3) is 0.278. The molecule has 1 aliphatic heterocycles. The van der Waals surface area contributed by atoms with Crippen molar-refractivity contribution < 1.29 is 4.79 Å². The van der Waals surface area contributed by atoms with Crippen LogP contribution in [0.4, 0.5) is 5.82 Å². The van der Waals surface area contributed by atoms with Gasteiger partial charge in [0.2, 0.25) is 5.78 Å². The van der Waals surface area contributed by atoms with E-state index in [1.807, 2.05) is 38.1 Å². The van der Waals surface area contributed by atoms with Gasteiger partial charge in [-0.3, -0.25) is 18.7 Å². The van der Waals surface area contributed by atoms with Gasteiger partial charge in [-0.25, -0.2) is 4.79 Å². The number of aryl methyl sites for hydroxylation is 1. The van der Waals surface area contributed by atoms with Gasteiger partial charge in [-0.05, 0) is 25.0 Å². The summed E-state index contributed by atoms with van der Waals surface area (Å²) in [7, 11) is 1.39. The number of anilines is 1. The zero-order valence-corrected chi connectivity index (χ0v) is 13.9. The van der Waals surface area contributed by atoms with Gasteiger partial charge in [-0.15, -0.1) is 0 Å². The first kappa shape index (κ1) is 16.0. The van der Waals surface area contributed by atoms with Crippen molar-refractivity contribution in [2.75, 3.05) is 5.32 Å². The fourth-order valence-electron chi connectivity index (χ4n) is 2.78. The second-order valence-electron chi connectivity index (χ2n) is 5.94. The first-order valence-electron chi connectivity index (χ1n) is 7.88. The first-order chi connectivity index (χ1) is 11.4. The van der Waals surface area contributed by atoms with E-state index < -0.39 is 11.2 Å². The number of benzene rings is 1. The lowest BCUT2D eigenvalue weighted by atomic mass is 10.1. The van der Waals surface area contributed by atoms with Crippen LogP contribution >= 0.6 is 0 Å². The minimum absolute atomic E-state index is 0.0314.